The van der Waals surface area contributed by atoms with Crippen LogP contribution in [0.1, 0.15) is 0 Å². The molecule has 0 radical (unpaired) electrons. The fourth-order valence-electron chi connectivity index (χ4n) is 1.12. The number of hydrazone groups is 1. The van der Waals surface area contributed by atoms with Gasteiger partial charge in [-0.3, -0.25) is 25.7 Å². The highest BCUT2D eigenvalue weighted by molar-refractivity contribution is 5.68. The van der Waals surface area contributed by atoms with Gasteiger partial charge in [-0.15, -0.1) is 0 Å². The number of nitro benzene ring substituents is 2. The van der Waals surface area contributed by atoms with E-state index in [0.717, 1.165) is 24.4 Å². The summed E-state index contributed by atoms with van der Waals surface area (Å²) in [7, 11) is 0. The standard InChI is InChI=1S/C9H10N4O6/c14-5-7(15)4-10-11-8-2-1-6(12(16)17)3-9(8)13(18)19/h1-4,7,11,14-15H,5H2. The van der Waals surface area contributed by atoms with Crippen LogP contribution in [0.5, 0.6) is 0 Å². The lowest BCUT2D eigenvalue weighted by molar-refractivity contribution is -0.393. The molecule has 102 valence electrons. The van der Waals surface area contributed by atoms with Crippen LogP contribution in [0, 0.1) is 20.2 Å². The molecule has 0 amide bonds. The van der Waals surface area contributed by atoms with Crippen molar-refractivity contribution in [2.45, 2.75) is 6.10 Å². The highest BCUT2D eigenvalue weighted by atomic mass is 16.6. The Morgan fingerprint density at radius 3 is 2.58 bits per heavy atom. The predicted octanol–water partition coefficient (Wildman–Crippen LogP) is 0.254. The van der Waals surface area contributed by atoms with E-state index in [2.05, 4.69) is 10.5 Å². The van der Waals surface area contributed by atoms with Gasteiger partial charge in [-0.25, -0.2) is 0 Å². The molecular formula is C9H10N4O6. The van der Waals surface area contributed by atoms with Crippen LogP contribution < -0.4 is 5.43 Å². The smallest absolute Gasteiger partial charge is 0.301 e. The number of non-ortho nitro benzene ring substituents is 1. The maximum absolute atomic E-state index is 10.8. The lowest BCUT2D eigenvalue weighted by Crippen LogP contribution is -2.14. The van der Waals surface area contributed by atoms with Crippen LogP contribution in [0.25, 0.3) is 0 Å². The summed E-state index contributed by atoms with van der Waals surface area (Å²) in [5, 5.41) is 42.2. The molecule has 0 saturated carbocycles. The van der Waals surface area contributed by atoms with Crippen LogP contribution in [0.4, 0.5) is 17.1 Å². The first-order valence-electron chi connectivity index (χ1n) is 4.96. The molecule has 0 aliphatic carbocycles. The maximum Gasteiger partial charge on any atom is 0.301 e. The van der Waals surface area contributed by atoms with Crippen LogP contribution in [-0.2, 0) is 0 Å². The Labute approximate surface area is 106 Å². The lowest BCUT2D eigenvalue weighted by Gasteiger charge is -2.02. The molecule has 1 unspecified atom stereocenters. The molecule has 1 rings (SSSR count). The summed E-state index contributed by atoms with van der Waals surface area (Å²) in [6.07, 6.45) is -0.268. The van der Waals surface area contributed by atoms with Gasteiger partial charge in [0.15, 0.2) is 0 Å². The van der Waals surface area contributed by atoms with E-state index in [1.54, 1.807) is 0 Å². The summed E-state index contributed by atoms with van der Waals surface area (Å²) in [5.74, 6) is 0. The van der Waals surface area contributed by atoms with Crippen molar-refractivity contribution >= 4 is 23.3 Å². The number of anilines is 1. The Balaban J connectivity index is 2.97. The highest BCUT2D eigenvalue weighted by Gasteiger charge is 2.19. The van der Waals surface area contributed by atoms with Gasteiger partial charge in [0.2, 0.25) is 0 Å². The van der Waals surface area contributed by atoms with Crippen LogP contribution in [-0.4, -0.2) is 39.0 Å². The maximum atomic E-state index is 10.8. The topological polar surface area (TPSA) is 151 Å². The van der Waals surface area contributed by atoms with E-state index in [4.69, 9.17) is 10.2 Å². The summed E-state index contributed by atoms with van der Waals surface area (Å²) in [5.41, 5.74) is 1.24. The molecule has 0 heterocycles. The van der Waals surface area contributed by atoms with Gasteiger partial charge in [-0.1, -0.05) is 0 Å². The number of nitrogens with one attached hydrogen (secondary N) is 1. The molecule has 19 heavy (non-hydrogen) atoms. The Kier molecular flexibility index (Phi) is 4.85. The molecule has 0 spiro atoms. The van der Waals surface area contributed by atoms with Gasteiger partial charge in [0.1, 0.15) is 11.8 Å². The van der Waals surface area contributed by atoms with E-state index in [9.17, 15) is 20.2 Å². The molecule has 1 atom stereocenters. The Hall–Kier alpha value is -2.59. The second kappa shape index (κ2) is 6.37. The number of aliphatic hydroxyl groups is 2. The first-order valence-corrected chi connectivity index (χ1v) is 4.96. The number of aliphatic hydroxyl groups excluding tert-OH is 2. The molecule has 10 heteroatoms. The highest BCUT2D eigenvalue weighted by Crippen LogP contribution is 2.28. The second-order valence-electron chi connectivity index (χ2n) is 3.36. The average Bonchev–Trinajstić information content (AvgIpc) is 2.38. The average molecular weight is 270 g/mol. The van der Waals surface area contributed by atoms with E-state index in [-0.39, 0.29) is 5.69 Å². The number of rotatable bonds is 6. The molecule has 1 aromatic carbocycles. The summed E-state index contributed by atoms with van der Waals surface area (Å²) in [6.45, 7) is -0.548. The summed E-state index contributed by atoms with van der Waals surface area (Å²) in [6, 6.07) is 2.99. The Bertz CT molecular complexity index is 517. The number of benzene rings is 1. The van der Waals surface area contributed by atoms with Gasteiger partial charge >= 0.3 is 5.69 Å². The number of nitrogens with zero attached hydrogens (tertiary/aromatic N) is 3. The fraction of sp³-hybridized carbons (Fsp3) is 0.222. The molecule has 0 saturated heterocycles. The van der Waals surface area contributed by atoms with Crippen LogP contribution in [0.15, 0.2) is 23.3 Å². The zero-order chi connectivity index (χ0) is 14.4. The molecule has 0 bridgehead atoms. The predicted molar refractivity (Wildman–Crippen MR) is 65.0 cm³/mol. The number of nitro groups is 2. The quantitative estimate of drug-likeness (QED) is 0.380. The van der Waals surface area contributed by atoms with E-state index in [0.29, 0.717) is 0 Å². The van der Waals surface area contributed by atoms with Gasteiger partial charge in [0.05, 0.1) is 28.7 Å². The first kappa shape index (κ1) is 14.5. The molecule has 0 aliphatic heterocycles. The zero-order valence-corrected chi connectivity index (χ0v) is 9.46. The number of hydrogen-bond donors (Lipinski definition) is 3. The molecule has 0 fully saturated rings. The van der Waals surface area contributed by atoms with E-state index < -0.39 is 33.9 Å². The minimum atomic E-state index is -1.20. The molecular weight excluding hydrogens is 260 g/mol. The van der Waals surface area contributed by atoms with E-state index in [1.165, 1.54) is 0 Å². The van der Waals surface area contributed by atoms with E-state index in [1.807, 2.05) is 0 Å². The van der Waals surface area contributed by atoms with Gasteiger partial charge in [0, 0.05) is 6.07 Å². The third kappa shape index (κ3) is 3.97. The fourth-order valence-corrected chi connectivity index (χ4v) is 1.12. The van der Waals surface area contributed by atoms with Gasteiger partial charge in [0.25, 0.3) is 5.69 Å². The normalized spacial score (nSPS) is 12.3. The van der Waals surface area contributed by atoms with Crippen molar-refractivity contribution in [3.8, 4) is 0 Å². The molecule has 0 aromatic heterocycles. The van der Waals surface area contributed by atoms with Crippen molar-refractivity contribution in [1.29, 1.82) is 0 Å². The number of hydrogen-bond acceptors (Lipinski definition) is 8. The zero-order valence-electron chi connectivity index (χ0n) is 9.46. The molecule has 0 aliphatic rings. The third-order valence-electron chi connectivity index (χ3n) is 2.01. The summed E-state index contributed by atoms with van der Waals surface area (Å²) in [4.78, 5) is 19.7. The Morgan fingerprint density at radius 1 is 1.37 bits per heavy atom. The summed E-state index contributed by atoms with van der Waals surface area (Å²) < 4.78 is 0. The second-order valence-corrected chi connectivity index (χ2v) is 3.36. The van der Waals surface area contributed by atoms with Crippen molar-refractivity contribution in [3.63, 3.8) is 0 Å². The monoisotopic (exact) mass is 270 g/mol. The van der Waals surface area contributed by atoms with Crippen molar-refractivity contribution in [2.75, 3.05) is 12.0 Å². The van der Waals surface area contributed by atoms with Gasteiger partial charge in [-0.2, -0.15) is 5.10 Å². The van der Waals surface area contributed by atoms with Crippen molar-refractivity contribution < 1.29 is 20.1 Å². The van der Waals surface area contributed by atoms with Gasteiger partial charge < -0.3 is 10.2 Å². The van der Waals surface area contributed by atoms with Crippen molar-refractivity contribution in [3.05, 3.63) is 38.4 Å². The lowest BCUT2D eigenvalue weighted by atomic mass is 10.2. The van der Waals surface area contributed by atoms with Crippen LogP contribution in [0.2, 0.25) is 0 Å². The van der Waals surface area contributed by atoms with Crippen molar-refractivity contribution in [1.82, 2.24) is 0 Å². The van der Waals surface area contributed by atoms with Crippen LogP contribution in [0.3, 0.4) is 0 Å². The molecule has 10 nitrogen and oxygen atoms in total. The Morgan fingerprint density at radius 2 is 2.05 bits per heavy atom. The molecule has 3 N–H and O–H groups in total. The largest absolute Gasteiger partial charge is 0.393 e. The van der Waals surface area contributed by atoms with E-state index >= 15 is 0 Å². The van der Waals surface area contributed by atoms with Gasteiger partial charge in [-0.05, 0) is 6.07 Å². The first-order chi connectivity index (χ1) is 8.95. The SMILES string of the molecule is O=[N+]([O-])c1ccc(NN=CC(O)CO)c([N+](=O)[O-])c1. The van der Waals surface area contributed by atoms with Crippen molar-refractivity contribution in [2.24, 2.45) is 5.10 Å². The molecule has 1 aromatic rings. The minimum Gasteiger partial charge on any atom is -0.393 e. The third-order valence-corrected chi connectivity index (χ3v) is 2.01. The minimum absolute atomic E-state index is 0.0722. The summed E-state index contributed by atoms with van der Waals surface area (Å²) >= 11 is 0. The van der Waals surface area contributed by atoms with Crippen LogP contribution >= 0.6 is 0 Å².